The highest BCUT2D eigenvalue weighted by Crippen LogP contribution is 2.24. The van der Waals surface area contributed by atoms with Crippen LogP contribution in [0.4, 0.5) is 0 Å². The largest absolute Gasteiger partial charge is 0.481 e. The number of hydrogen-bond acceptors (Lipinski definition) is 14. The van der Waals surface area contributed by atoms with Gasteiger partial charge in [-0.15, -0.1) is 12.3 Å². The highest BCUT2D eigenvalue weighted by atomic mass is 16.4. The summed E-state index contributed by atoms with van der Waals surface area (Å²) in [6.45, 7) is 10.8. The Morgan fingerprint density at radius 2 is 0.875 bits per heavy atom. The SMILES string of the molecule is C#CC[C@H](NC(=O)[C@H](CC(=O)O)CC(=O)[C@H](CCCCCCCC)NC(=O)[C@H](CC(=O)O)CC(=O)[C@H](CC(C)C)N(C)C(=O)[C@H](CO)CC(=O)[C@H](CC(C)C)NC(=O)[C@H](CO)CC(=O)[C@H](CCCCCCCC)NC(C)=O)C(N)=O. The van der Waals surface area contributed by atoms with Crippen molar-refractivity contribution in [1.82, 2.24) is 26.2 Å². The number of nitrogens with two attached hydrogens (primary N) is 1. The lowest BCUT2D eigenvalue weighted by Gasteiger charge is -2.32. The van der Waals surface area contributed by atoms with Crippen LogP contribution in [-0.2, 0) is 57.5 Å². The minimum atomic E-state index is -1.61. The number of unbranched alkanes of at least 4 members (excludes halogenated alkanes) is 10. The molecular weight excluding hydrogens is 1040 g/mol. The average Bonchev–Trinajstić information content (AvgIpc) is 3.37. The molecule has 22 heteroatoms. The van der Waals surface area contributed by atoms with Gasteiger partial charge in [-0.1, -0.05) is 119 Å². The fourth-order valence-corrected chi connectivity index (χ4v) is 9.42. The Morgan fingerprint density at radius 1 is 0.500 bits per heavy atom. The Balaban J connectivity index is 6.67. The Bertz CT molecular complexity index is 2070. The minimum absolute atomic E-state index is 0.00441. The smallest absolute Gasteiger partial charge is 0.304 e. The van der Waals surface area contributed by atoms with Gasteiger partial charge in [0.25, 0.3) is 0 Å². The molecule has 6 amide bonds. The van der Waals surface area contributed by atoms with Gasteiger partial charge in [-0.05, 0) is 37.5 Å². The summed E-state index contributed by atoms with van der Waals surface area (Å²) in [5.74, 6) is -14.9. The maximum absolute atomic E-state index is 14.4. The van der Waals surface area contributed by atoms with Crippen LogP contribution in [0, 0.1) is 47.9 Å². The number of hydrogen-bond donors (Lipinski definition) is 9. The van der Waals surface area contributed by atoms with E-state index >= 15 is 0 Å². The van der Waals surface area contributed by atoms with E-state index in [2.05, 4.69) is 34.1 Å². The number of aliphatic hydroxyl groups excluding tert-OH is 2. The number of ketones is 4. The maximum Gasteiger partial charge on any atom is 0.304 e. The van der Waals surface area contributed by atoms with Crippen LogP contribution in [0.3, 0.4) is 0 Å². The lowest BCUT2D eigenvalue weighted by molar-refractivity contribution is -0.146. The summed E-state index contributed by atoms with van der Waals surface area (Å²) >= 11 is 0. The molecule has 0 aromatic heterocycles. The molecule has 0 aromatic carbocycles. The molecule has 0 unspecified atom stereocenters. The Hall–Kier alpha value is -6.08. The van der Waals surface area contributed by atoms with Crippen molar-refractivity contribution in [2.24, 2.45) is 41.2 Å². The maximum atomic E-state index is 14.4. The molecule has 0 aliphatic heterocycles. The molecule has 22 nitrogen and oxygen atoms in total. The summed E-state index contributed by atoms with van der Waals surface area (Å²) < 4.78 is 0. The topological polar surface area (TPSA) is 363 Å². The first-order valence-corrected chi connectivity index (χ1v) is 28.6. The second-order valence-corrected chi connectivity index (χ2v) is 22.1. The fraction of sp³-hybridized carbons (Fsp3) is 0.759. The first kappa shape index (κ1) is 73.9. The van der Waals surface area contributed by atoms with Crippen LogP contribution in [0.1, 0.15) is 196 Å². The molecule has 10 N–H and O–H groups in total. The van der Waals surface area contributed by atoms with Crippen LogP contribution in [0.25, 0.3) is 0 Å². The summed E-state index contributed by atoms with van der Waals surface area (Å²) in [4.78, 5) is 160. The number of aliphatic hydroxyl groups is 2. The van der Waals surface area contributed by atoms with Crippen LogP contribution >= 0.6 is 0 Å². The van der Waals surface area contributed by atoms with Gasteiger partial charge in [0.2, 0.25) is 35.4 Å². The van der Waals surface area contributed by atoms with Crippen LogP contribution in [0.15, 0.2) is 0 Å². The molecule has 0 saturated carbocycles. The molecule has 0 bridgehead atoms. The number of carbonyl (C=O) groups is 12. The Morgan fingerprint density at radius 3 is 1.29 bits per heavy atom. The number of aliphatic carboxylic acids is 2. The van der Waals surface area contributed by atoms with Gasteiger partial charge in [0.1, 0.15) is 6.04 Å². The zero-order chi connectivity index (χ0) is 61.1. The second-order valence-electron chi connectivity index (χ2n) is 22.1. The monoisotopic (exact) mass is 1130 g/mol. The van der Waals surface area contributed by atoms with Crippen LogP contribution in [0.2, 0.25) is 0 Å². The van der Waals surface area contributed by atoms with Crippen molar-refractivity contribution in [3.8, 4) is 12.3 Å². The van der Waals surface area contributed by atoms with E-state index in [1.54, 1.807) is 27.7 Å². The number of Topliss-reactive ketones (excluding diaryl/α,β-unsaturated/α-hetero) is 4. The van der Waals surface area contributed by atoms with E-state index in [1.165, 1.54) is 14.0 Å². The summed E-state index contributed by atoms with van der Waals surface area (Å²) in [5.41, 5.74) is 5.35. The van der Waals surface area contributed by atoms with Crippen LogP contribution in [0.5, 0.6) is 0 Å². The highest BCUT2D eigenvalue weighted by Gasteiger charge is 2.39. The van der Waals surface area contributed by atoms with Gasteiger partial charge >= 0.3 is 11.9 Å². The molecule has 454 valence electrons. The fourth-order valence-electron chi connectivity index (χ4n) is 9.42. The van der Waals surface area contributed by atoms with E-state index < -0.39 is 176 Å². The van der Waals surface area contributed by atoms with Gasteiger partial charge in [-0.2, -0.15) is 0 Å². The van der Waals surface area contributed by atoms with Crippen molar-refractivity contribution in [2.45, 2.75) is 226 Å². The van der Waals surface area contributed by atoms with Crippen molar-refractivity contribution < 1.29 is 78.0 Å². The number of terminal acetylenes is 1. The zero-order valence-corrected chi connectivity index (χ0v) is 48.8. The van der Waals surface area contributed by atoms with Crippen molar-refractivity contribution in [3.63, 3.8) is 0 Å². The van der Waals surface area contributed by atoms with Gasteiger partial charge in [0.15, 0.2) is 23.1 Å². The molecular formula is C58H96N6O16. The van der Waals surface area contributed by atoms with Gasteiger partial charge < -0.3 is 52.3 Å². The quantitative estimate of drug-likeness (QED) is 0.0306. The van der Waals surface area contributed by atoms with E-state index in [0.29, 0.717) is 25.7 Å². The normalized spacial score (nSPS) is 14.6. The van der Waals surface area contributed by atoms with Crippen LogP contribution in [-0.4, -0.2) is 146 Å². The standard InChI is InChI=1S/C58H96N6O16/c1-10-13-15-17-19-21-24-43(60-38(8)67)49(69)30-41(34-65)57(79)63-46(26-36(4)5)50(70)31-42(35-66)58(80)64(9)47(27-37(6)7)51(71)29-40(33-53(74)75)55(77)61-44(25-22-20-18-16-14-11-2)48(68)28-39(32-52(72)73)56(78)62-45(23-12-3)54(59)76/h3,36-37,39-47,65-66H,10-11,13-35H2,1-2,4-9H3,(H2,59,76)(H,60,67)(H,61,77)(H,62,78)(H,63,79)(H,72,73)(H,74,75)/t39-,40-,41-,42-,43-,44-,45-,46-,47-/m0/s1. The number of carboxylic acids is 2. The third-order valence-electron chi connectivity index (χ3n) is 14.0. The molecule has 0 spiro atoms. The van der Waals surface area contributed by atoms with Gasteiger partial charge in [0.05, 0.1) is 73.9 Å². The molecule has 0 fully saturated rings. The van der Waals surface area contributed by atoms with E-state index in [1.807, 2.05) is 6.92 Å². The molecule has 9 atom stereocenters. The van der Waals surface area contributed by atoms with Crippen molar-refractivity contribution in [2.75, 3.05) is 20.3 Å². The van der Waals surface area contributed by atoms with Crippen molar-refractivity contribution >= 4 is 70.5 Å². The first-order valence-electron chi connectivity index (χ1n) is 28.6. The van der Waals surface area contributed by atoms with E-state index in [4.69, 9.17) is 12.2 Å². The summed E-state index contributed by atoms with van der Waals surface area (Å²) in [5, 5.41) is 50.6. The minimum Gasteiger partial charge on any atom is -0.481 e. The number of nitrogens with one attached hydrogen (secondary N) is 4. The predicted octanol–water partition coefficient (Wildman–Crippen LogP) is 4.11. The lowest BCUT2D eigenvalue weighted by atomic mass is 9.88. The van der Waals surface area contributed by atoms with Gasteiger partial charge in [-0.3, -0.25) is 57.5 Å². The van der Waals surface area contributed by atoms with E-state index in [9.17, 15) is 78.0 Å². The number of nitrogens with zero attached hydrogens (tertiary/aromatic N) is 1. The second kappa shape index (κ2) is 41.0. The third-order valence-corrected chi connectivity index (χ3v) is 14.0. The van der Waals surface area contributed by atoms with Crippen molar-refractivity contribution in [1.29, 1.82) is 0 Å². The number of primary amides is 1. The number of rotatable bonds is 47. The Kier molecular flexibility index (Phi) is 37.9. The predicted molar refractivity (Wildman–Crippen MR) is 299 cm³/mol. The molecule has 0 aliphatic carbocycles. The molecule has 0 saturated heterocycles. The summed E-state index contributed by atoms with van der Waals surface area (Å²) in [6.07, 6.45) is 11.4. The zero-order valence-electron chi connectivity index (χ0n) is 48.8. The number of likely N-dealkylation sites (N-methyl/N-ethyl adjacent to an activating group) is 1. The molecule has 80 heavy (non-hydrogen) atoms. The average molecular weight is 1130 g/mol. The molecule has 0 heterocycles. The van der Waals surface area contributed by atoms with Crippen LogP contribution < -0.4 is 27.0 Å². The molecule has 0 rings (SSSR count). The van der Waals surface area contributed by atoms with E-state index in [-0.39, 0.29) is 37.5 Å². The Labute approximate surface area is 473 Å². The number of carbonyl (C=O) groups excluding carboxylic acids is 10. The molecule has 0 radical (unpaired) electrons. The summed E-state index contributed by atoms with van der Waals surface area (Å²) in [7, 11) is 1.26. The first-order chi connectivity index (χ1) is 37.7. The molecule has 0 aliphatic rings. The number of amides is 6. The third kappa shape index (κ3) is 30.5. The van der Waals surface area contributed by atoms with Gasteiger partial charge in [-0.25, -0.2) is 0 Å². The highest BCUT2D eigenvalue weighted by molar-refractivity contribution is 5.99. The van der Waals surface area contributed by atoms with Gasteiger partial charge in [0, 0.05) is 46.1 Å². The molecule has 0 aromatic rings. The van der Waals surface area contributed by atoms with Crippen molar-refractivity contribution in [3.05, 3.63) is 0 Å². The lowest BCUT2D eigenvalue weighted by Crippen LogP contribution is -2.50. The van der Waals surface area contributed by atoms with E-state index in [0.717, 1.165) is 62.7 Å². The summed E-state index contributed by atoms with van der Waals surface area (Å²) in [6, 6.07) is -6.18. The number of carboxylic acid groups (broad SMARTS) is 2.